The summed E-state index contributed by atoms with van der Waals surface area (Å²) in [6.45, 7) is 1.03. The summed E-state index contributed by atoms with van der Waals surface area (Å²) < 4.78 is 29.4. The van der Waals surface area contributed by atoms with Crippen LogP contribution in [0.1, 0.15) is 20.2 Å². The molecule has 1 saturated heterocycles. The highest BCUT2D eigenvalue weighted by atomic mass is 32.2. The lowest BCUT2D eigenvalue weighted by Crippen LogP contribution is -2.50. The summed E-state index contributed by atoms with van der Waals surface area (Å²) in [5.41, 5.74) is 0.0642. The predicted octanol–water partition coefficient (Wildman–Crippen LogP) is 0.706. The molecule has 0 saturated carbocycles. The Morgan fingerprint density at radius 3 is 2.60 bits per heavy atom. The molecule has 1 aliphatic rings. The second-order valence-corrected chi connectivity index (χ2v) is 8.35. The molecule has 9 nitrogen and oxygen atoms in total. The Labute approximate surface area is 148 Å². The third-order valence-corrected chi connectivity index (χ3v) is 5.86. The highest BCUT2D eigenvalue weighted by Crippen LogP contribution is 2.15. The Morgan fingerprint density at radius 2 is 2.00 bits per heavy atom. The fourth-order valence-corrected chi connectivity index (χ4v) is 3.83. The zero-order valence-electron chi connectivity index (χ0n) is 13.3. The van der Waals surface area contributed by atoms with Crippen LogP contribution in [0.15, 0.2) is 28.2 Å². The van der Waals surface area contributed by atoms with Crippen LogP contribution in [0, 0.1) is 0 Å². The molecule has 0 aromatic carbocycles. The number of carbonyl (C=O) groups excluding carboxylic acids is 2. The Bertz CT molecular complexity index is 867. The number of hydrogen-bond donors (Lipinski definition) is 1. The molecule has 2 aromatic heterocycles. The molecule has 0 spiro atoms. The number of oxazole rings is 1. The number of rotatable bonds is 4. The number of thiophene rings is 1. The van der Waals surface area contributed by atoms with Crippen LogP contribution >= 0.6 is 11.3 Å². The molecular weight excluding hydrogens is 368 g/mol. The van der Waals surface area contributed by atoms with Crippen molar-refractivity contribution in [1.82, 2.24) is 14.2 Å². The molecule has 11 heteroatoms. The fourth-order valence-electron chi connectivity index (χ4n) is 2.38. The van der Waals surface area contributed by atoms with E-state index < -0.39 is 10.0 Å². The third-order valence-electron chi connectivity index (χ3n) is 3.68. The zero-order valence-corrected chi connectivity index (χ0v) is 15.0. The first-order chi connectivity index (χ1) is 11.8. The molecule has 0 unspecified atom stereocenters. The Balaban J connectivity index is 1.61. The number of nitrogens with zero attached hydrogens (tertiary/aromatic N) is 3. The minimum Gasteiger partial charge on any atom is -0.431 e. The summed E-state index contributed by atoms with van der Waals surface area (Å²) in [5.74, 6) is -0.730. The average molecular weight is 384 g/mol. The molecule has 25 heavy (non-hydrogen) atoms. The van der Waals surface area contributed by atoms with E-state index in [1.54, 1.807) is 17.5 Å². The zero-order chi connectivity index (χ0) is 18.0. The number of carbonyl (C=O) groups is 2. The highest BCUT2D eigenvalue weighted by molar-refractivity contribution is 7.88. The topological polar surface area (TPSA) is 113 Å². The molecular formula is C14H16N4O5S2. The number of amides is 2. The number of piperazine rings is 1. The van der Waals surface area contributed by atoms with Crippen molar-refractivity contribution >= 4 is 39.2 Å². The summed E-state index contributed by atoms with van der Waals surface area (Å²) in [7, 11) is -3.26. The van der Waals surface area contributed by atoms with Gasteiger partial charge in [-0.2, -0.15) is 9.29 Å². The monoisotopic (exact) mass is 384 g/mol. The second kappa shape index (κ2) is 6.94. The van der Waals surface area contributed by atoms with Crippen molar-refractivity contribution < 1.29 is 22.4 Å². The van der Waals surface area contributed by atoms with Crippen LogP contribution in [0.5, 0.6) is 0 Å². The largest absolute Gasteiger partial charge is 0.431 e. The Kier molecular flexibility index (Phi) is 4.88. The highest BCUT2D eigenvalue weighted by Gasteiger charge is 2.28. The minimum absolute atomic E-state index is 0.0588. The van der Waals surface area contributed by atoms with E-state index in [0.717, 1.165) is 6.26 Å². The fraction of sp³-hybridized carbons (Fsp3) is 0.357. The lowest BCUT2D eigenvalue weighted by molar-refractivity contribution is 0.0692. The van der Waals surface area contributed by atoms with Crippen LogP contribution in [0.2, 0.25) is 0 Å². The molecule has 1 fully saturated rings. The maximum atomic E-state index is 12.4. The quantitative estimate of drug-likeness (QED) is 0.830. The van der Waals surface area contributed by atoms with Crippen molar-refractivity contribution in [3.8, 4) is 0 Å². The van der Waals surface area contributed by atoms with E-state index in [1.165, 1.54) is 26.8 Å². The van der Waals surface area contributed by atoms with Crippen LogP contribution < -0.4 is 5.32 Å². The molecule has 1 aliphatic heterocycles. The summed E-state index contributed by atoms with van der Waals surface area (Å²) in [6.07, 6.45) is 2.32. The Hall–Kier alpha value is -2.24. The SMILES string of the molecule is CS(=O)(=O)N1CCN(C(=O)c2coc(NC(=O)c3cccs3)n2)CC1. The Morgan fingerprint density at radius 1 is 1.28 bits per heavy atom. The molecule has 2 amide bonds. The van der Waals surface area contributed by atoms with Crippen LogP contribution in [-0.2, 0) is 10.0 Å². The first-order valence-electron chi connectivity index (χ1n) is 7.39. The van der Waals surface area contributed by atoms with Gasteiger partial charge < -0.3 is 9.32 Å². The third kappa shape index (κ3) is 4.06. The molecule has 3 rings (SSSR count). The van der Waals surface area contributed by atoms with Gasteiger partial charge in [0.1, 0.15) is 6.26 Å². The van der Waals surface area contributed by atoms with Crippen LogP contribution in [-0.4, -0.2) is 66.9 Å². The summed E-state index contributed by atoms with van der Waals surface area (Å²) in [5, 5.41) is 4.26. The van der Waals surface area contributed by atoms with Crippen molar-refractivity contribution in [1.29, 1.82) is 0 Å². The van der Waals surface area contributed by atoms with Crippen molar-refractivity contribution in [2.75, 3.05) is 37.8 Å². The molecule has 134 valence electrons. The number of nitrogens with one attached hydrogen (secondary N) is 1. The predicted molar refractivity (Wildman–Crippen MR) is 91.1 cm³/mol. The van der Waals surface area contributed by atoms with Gasteiger partial charge in [-0.1, -0.05) is 6.07 Å². The summed E-state index contributed by atoms with van der Waals surface area (Å²) in [6, 6.07) is 3.35. The molecule has 0 aliphatic carbocycles. The van der Waals surface area contributed by atoms with Crippen LogP contribution in [0.4, 0.5) is 6.01 Å². The number of aromatic nitrogens is 1. The van der Waals surface area contributed by atoms with E-state index in [0.29, 0.717) is 4.88 Å². The van der Waals surface area contributed by atoms with Gasteiger partial charge >= 0.3 is 6.01 Å². The molecule has 2 aromatic rings. The van der Waals surface area contributed by atoms with Gasteiger partial charge in [0.2, 0.25) is 10.0 Å². The lowest BCUT2D eigenvalue weighted by Gasteiger charge is -2.32. The van der Waals surface area contributed by atoms with E-state index in [4.69, 9.17) is 4.42 Å². The van der Waals surface area contributed by atoms with Crippen molar-refractivity contribution in [3.63, 3.8) is 0 Å². The molecule has 0 atom stereocenters. The smallest absolute Gasteiger partial charge is 0.302 e. The summed E-state index contributed by atoms with van der Waals surface area (Å²) in [4.78, 5) is 30.3. The van der Waals surface area contributed by atoms with Crippen molar-refractivity contribution in [3.05, 3.63) is 34.3 Å². The van der Waals surface area contributed by atoms with E-state index in [-0.39, 0.29) is 49.7 Å². The van der Waals surface area contributed by atoms with Gasteiger partial charge in [0.15, 0.2) is 5.69 Å². The van der Waals surface area contributed by atoms with Crippen molar-refractivity contribution in [2.24, 2.45) is 0 Å². The van der Waals surface area contributed by atoms with Gasteiger partial charge in [0.05, 0.1) is 11.1 Å². The van der Waals surface area contributed by atoms with E-state index in [1.807, 2.05) is 0 Å². The molecule has 1 N–H and O–H groups in total. The van der Waals surface area contributed by atoms with E-state index >= 15 is 0 Å². The lowest BCUT2D eigenvalue weighted by atomic mass is 10.3. The normalized spacial score (nSPS) is 16.0. The standard InChI is InChI=1S/C14H16N4O5S2/c1-25(21,22)18-6-4-17(5-7-18)13(20)10-9-23-14(15-10)16-12(19)11-3-2-8-24-11/h2-3,8-9H,4-7H2,1H3,(H,15,16,19). The number of hydrogen-bond acceptors (Lipinski definition) is 7. The van der Waals surface area contributed by atoms with Crippen molar-refractivity contribution in [2.45, 2.75) is 0 Å². The van der Waals surface area contributed by atoms with Crippen LogP contribution in [0.25, 0.3) is 0 Å². The van der Waals surface area contributed by atoms with Gasteiger partial charge in [0.25, 0.3) is 11.8 Å². The first kappa shape index (κ1) is 17.6. The van der Waals surface area contributed by atoms with E-state index in [9.17, 15) is 18.0 Å². The van der Waals surface area contributed by atoms with Gasteiger partial charge in [-0.3, -0.25) is 14.9 Å². The summed E-state index contributed by atoms with van der Waals surface area (Å²) >= 11 is 1.28. The second-order valence-electron chi connectivity index (χ2n) is 5.42. The van der Waals surface area contributed by atoms with Crippen LogP contribution in [0.3, 0.4) is 0 Å². The molecule has 0 bridgehead atoms. The number of anilines is 1. The average Bonchev–Trinajstić information content (AvgIpc) is 3.25. The van der Waals surface area contributed by atoms with Gasteiger partial charge in [0, 0.05) is 26.2 Å². The first-order valence-corrected chi connectivity index (χ1v) is 10.1. The van der Waals surface area contributed by atoms with Gasteiger partial charge in [-0.05, 0) is 11.4 Å². The molecule has 3 heterocycles. The minimum atomic E-state index is -3.26. The maximum Gasteiger partial charge on any atom is 0.302 e. The van der Waals surface area contributed by atoms with Gasteiger partial charge in [-0.25, -0.2) is 8.42 Å². The van der Waals surface area contributed by atoms with E-state index in [2.05, 4.69) is 10.3 Å². The number of sulfonamides is 1. The maximum absolute atomic E-state index is 12.4. The molecule has 0 radical (unpaired) electrons. The van der Waals surface area contributed by atoms with Gasteiger partial charge in [-0.15, -0.1) is 11.3 Å².